The number of nitrogens with one attached hydrogen (secondary N) is 1. The zero-order valence-corrected chi connectivity index (χ0v) is 19.9. The number of rotatable bonds is 7. The molecule has 178 valence electrons. The number of halogens is 2. The van der Waals surface area contributed by atoms with Gasteiger partial charge in [-0.2, -0.15) is 5.10 Å². The van der Waals surface area contributed by atoms with Crippen molar-refractivity contribution in [1.29, 1.82) is 0 Å². The third-order valence-electron chi connectivity index (χ3n) is 6.61. The second-order valence-electron chi connectivity index (χ2n) is 8.99. The molecular weight excluding hydrogens is 455 g/mol. The van der Waals surface area contributed by atoms with Gasteiger partial charge in [0, 0.05) is 30.6 Å². The summed E-state index contributed by atoms with van der Waals surface area (Å²) in [6, 6.07) is 12.3. The SMILES string of the molecule is Cc1ccc(-n2ncc(C(=O)NCC(c3ccc(F)cc3)N3CCOCC3)c2C2CC2)cc1Cl. The first-order valence-corrected chi connectivity index (χ1v) is 12.1. The van der Waals surface area contributed by atoms with E-state index < -0.39 is 0 Å². The van der Waals surface area contributed by atoms with Crippen molar-refractivity contribution >= 4 is 17.5 Å². The molecule has 8 heteroatoms. The molecule has 1 amide bonds. The average Bonchev–Trinajstić information content (AvgIpc) is 3.60. The van der Waals surface area contributed by atoms with E-state index in [0.717, 1.165) is 48.4 Å². The Hall–Kier alpha value is -2.74. The third-order valence-corrected chi connectivity index (χ3v) is 7.02. The number of amides is 1. The van der Waals surface area contributed by atoms with Crippen LogP contribution in [0.15, 0.2) is 48.7 Å². The molecule has 2 heterocycles. The number of hydrogen-bond acceptors (Lipinski definition) is 4. The highest BCUT2D eigenvalue weighted by molar-refractivity contribution is 6.31. The van der Waals surface area contributed by atoms with Gasteiger partial charge in [-0.3, -0.25) is 9.69 Å². The number of aryl methyl sites for hydroxylation is 1. The summed E-state index contributed by atoms with van der Waals surface area (Å²) in [6.45, 7) is 5.18. The number of carbonyl (C=O) groups is 1. The molecule has 3 aromatic rings. The lowest BCUT2D eigenvalue weighted by molar-refractivity contribution is 0.0162. The monoisotopic (exact) mass is 482 g/mol. The second-order valence-corrected chi connectivity index (χ2v) is 9.40. The molecular formula is C26H28ClFN4O2. The van der Waals surface area contributed by atoms with Gasteiger partial charge in [-0.1, -0.05) is 29.8 Å². The molecule has 2 aliphatic rings. The zero-order valence-electron chi connectivity index (χ0n) is 19.1. The standard InChI is InChI=1S/C26H28ClFN4O2/c1-17-2-9-21(14-23(17)27)32-25(19-3-4-19)22(15-30-32)26(33)29-16-24(31-10-12-34-13-11-31)18-5-7-20(28)8-6-18/h2,5-9,14-15,19,24H,3-4,10-13,16H2,1H3,(H,29,33). The summed E-state index contributed by atoms with van der Waals surface area (Å²) in [5, 5.41) is 8.35. The first-order valence-electron chi connectivity index (χ1n) is 11.7. The first-order chi connectivity index (χ1) is 16.5. The summed E-state index contributed by atoms with van der Waals surface area (Å²) in [5.41, 5.74) is 4.35. The molecule has 1 aliphatic heterocycles. The largest absolute Gasteiger partial charge is 0.379 e. The van der Waals surface area contributed by atoms with E-state index in [1.807, 2.05) is 29.8 Å². The van der Waals surface area contributed by atoms with Gasteiger partial charge in [0.15, 0.2) is 0 Å². The van der Waals surface area contributed by atoms with Gasteiger partial charge < -0.3 is 10.1 Å². The summed E-state index contributed by atoms with van der Waals surface area (Å²) < 4.78 is 20.9. The minimum Gasteiger partial charge on any atom is -0.379 e. The van der Waals surface area contributed by atoms with Crippen molar-refractivity contribution in [2.24, 2.45) is 0 Å². The zero-order chi connectivity index (χ0) is 23.7. The van der Waals surface area contributed by atoms with E-state index >= 15 is 0 Å². The molecule has 0 radical (unpaired) electrons. The van der Waals surface area contributed by atoms with Gasteiger partial charge >= 0.3 is 0 Å². The van der Waals surface area contributed by atoms with Crippen LogP contribution in [0, 0.1) is 12.7 Å². The molecule has 1 aliphatic carbocycles. The average molecular weight is 483 g/mol. The summed E-state index contributed by atoms with van der Waals surface area (Å²) in [7, 11) is 0. The van der Waals surface area contributed by atoms with Crippen LogP contribution < -0.4 is 5.32 Å². The fourth-order valence-electron chi connectivity index (χ4n) is 4.52. The van der Waals surface area contributed by atoms with Crippen LogP contribution in [0.25, 0.3) is 5.69 Å². The van der Waals surface area contributed by atoms with Crippen LogP contribution in [0.3, 0.4) is 0 Å². The lowest BCUT2D eigenvalue weighted by Gasteiger charge is -2.35. The van der Waals surface area contributed by atoms with E-state index in [-0.39, 0.29) is 17.8 Å². The second kappa shape index (κ2) is 9.86. The van der Waals surface area contributed by atoms with Gasteiger partial charge in [-0.25, -0.2) is 9.07 Å². The number of hydrogen-bond donors (Lipinski definition) is 1. The number of ether oxygens (including phenoxy) is 1. The summed E-state index contributed by atoms with van der Waals surface area (Å²) in [6.07, 6.45) is 3.73. The summed E-state index contributed by atoms with van der Waals surface area (Å²) >= 11 is 6.35. The molecule has 1 atom stereocenters. The Morgan fingerprint density at radius 1 is 1.21 bits per heavy atom. The van der Waals surface area contributed by atoms with Crippen LogP contribution in [0.5, 0.6) is 0 Å². The Kier molecular flexibility index (Phi) is 6.68. The Morgan fingerprint density at radius 2 is 1.94 bits per heavy atom. The number of morpholine rings is 1. The van der Waals surface area contributed by atoms with Crippen molar-refractivity contribution in [2.75, 3.05) is 32.8 Å². The summed E-state index contributed by atoms with van der Waals surface area (Å²) in [5.74, 6) is -0.103. The van der Waals surface area contributed by atoms with Gasteiger partial charge in [-0.05, 0) is 55.2 Å². The molecule has 1 unspecified atom stereocenters. The number of carbonyl (C=O) groups excluding carboxylic acids is 1. The van der Waals surface area contributed by atoms with Crippen LogP contribution in [-0.2, 0) is 4.74 Å². The molecule has 6 nitrogen and oxygen atoms in total. The van der Waals surface area contributed by atoms with Gasteiger partial charge in [0.1, 0.15) is 5.82 Å². The number of benzene rings is 2. The predicted octanol–water partition coefficient (Wildman–Crippen LogP) is 4.65. The van der Waals surface area contributed by atoms with E-state index in [9.17, 15) is 9.18 Å². The maximum atomic E-state index is 13.5. The highest BCUT2D eigenvalue weighted by atomic mass is 35.5. The fraction of sp³-hybridized carbons (Fsp3) is 0.385. The van der Waals surface area contributed by atoms with Crippen LogP contribution in [0.1, 0.15) is 52.0 Å². The molecule has 2 aromatic carbocycles. The van der Waals surface area contributed by atoms with Crippen molar-refractivity contribution in [1.82, 2.24) is 20.0 Å². The van der Waals surface area contributed by atoms with E-state index in [4.69, 9.17) is 16.3 Å². The Morgan fingerprint density at radius 3 is 2.62 bits per heavy atom. The fourth-order valence-corrected chi connectivity index (χ4v) is 4.69. The van der Waals surface area contributed by atoms with Gasteiger partial charge in [0.2, 0.25) is 0 Å². The molecule has 1 N–H and O–H groups in total. The van der Waals surface area contributed by atoms with Crippen LogP contribution in [-0.4, -0.2) is 53.4 Å². The normalized spacial score (nSPS) is 17.5. The van der Waals surface area contributed by atoms with Crippen LogP contribution in [0.4, 0.5) is 4.39 Å². The smallest absolute Gasteiger partial charge is 0.254 e. The number of nitrogens with zero attached hydrogens (tertiary/aromatic N) is 3. The van der Waals surface area contributed by atoms with E-state index in [0.29, 0.717) is 36.3 Å². The van der Waals surface area contributed by atoms with E-state index in [1.54, 1.807) is 18.3 Å². The highest BCUT2D eigenvalue weighted by Gasteiger charge is 2.33. The molecule has 1 saturated carbocycles. The maximum absolute atomic E-state index is 13.5. The number of aromatic nitrogens is 2. The van der Waals surface area contributed by atoms with Crippen molar-refractivity contribution in [3.05, 3.63) is 81.9 Å². The van der Waals surface area contributed by atoms with Crippen LogP contribution in [0.2, 0.25) is 5.02 Å². The molecule has 2 fully saturated rings. The Labute approximate surface area is 203 Å². The summed E-state index contributed by atoms with van der Waals surface area (Å²) in [4.78, 5) is 15.6. The molecule has 0 bridgehead atoms. The van der Waals surface area contributed by atoms with Crippen molar-refractivity contribution in [2.45, 2.75) is 31.7 Å². The molecule has 34 heavy (non-hydrogen) atoms. The Balaban J connectivity index is 1.38. The maximum Gasteiger partial charge on any atom is 0.254 e. The van der Waals surface area contributed by atoms with Crippen molar-refractivity contribution in [3.8, 4) is 5.69 Å². The van der Waals surface area contributed by atoms with Crippen molar-refractivity contribution in [3.63, 3.8) is 0 Å². The molecule has 1 aromatic heterocycles. The minimum absolute atomic E-state index is 0.0659. The molecule has 0 spiro atoms. The van der Waals surface area contributed by atoms with Crippen molar-refractivity contribution < 1.29 is 13.9 Å². The Bertz CT molecular complexity index is 1170. The molecule has 5 rings (SSSR count). The molecule has 1 saturated heterocycles. The third kappa shape index (κ3) is 4.87. The van der Waals surface area contributed by atoms with Gasteiger partial charge in [0.05, 0.1) is 42.4 Å². The van der Waals surface area contributed by atoms with Crippen LogP contribution >= 0.6 is 11.6 Å². The van der Waals surface area contributed by atoms with E-state index in [1.165, 1.54) is 12.1 Å². The van der Waals surface area contributed by atoms with Gasteiger partial charge in [0.25, 0.3) is 5.91 Å². The minimum atomic E-state index is -0.272. The van der Waals surface area contributed by atoms with Gasteiger partial charge in [-0.15, -0.1) is 0 Å². The highest BCUT2D eigenvalue weighted by Crippen LogP contribution is 2.42. The topological polar surface area (TPSA) is 59.4 Å². The van der Waals surface area contributed by atoms with E-state index in [2.05, 4.69) is 15.3 Å². The quantitative estimate of drug-likeness (QED) is 0.532. The lowest BCUT2D eigenvalue weighted by atomic mass is 10.0. The predicted molar refractivity (Wildman–Crippen MR) is 129 cm³/mol. The lowest BCUT2D eigenvalue weighted by Crippen LogP contribution is -2.43. The first kappa shape index (κ1) is 23.0.